The SMILES string of the molecule is C[C@@H](Oc1ccc(Br)cc1)C(=O)N1CCN(c2ccncc2)CC1. The van der Waals surface area contributed by atoms with Crippen LogP contribution in [0.2, 0.25) is 0 Å². The number of nitrogens with zero attached hydrogens (tertiary/aromatic N) is 3. The van der Waals surface area contributed by atoms with E-state index in [-0.39, 0.29) is 5.91 Å². The molecule has 3 rings (SSSR count). The Morgan fingerprint density at radius 2 is 1.71 bits per heavy atom. The Bertz CT molecular complexity index is 670. The maximum absolute atomic E-state index is 12.6. The normalized spacial score (nSPS) is 15.9. The molecular formula is C18H20BrN3O2. The van der Waals surface area contributed by atoms with Gasteiger partial charge in [0.2, 0.25) is 0 Å². The smallest absolute Gasteiger partial charge is 0.263 e. The molecule has 0 bridgehead atoms. The first kappa shape index (κ1) is 16.8. The molecule has 0 saturated carbocycles. The maximum atomic E-state index is 12.6. The zero-order chi connectivity index (χ0) is 16.9. The number of piperazine rings is 1. The van der Waals surface area contributed by atoms with Crippen molar-refractivity contribution in [3.63, 3.8) is 0 Å². The molecule has 2 aromatic rings. The molecule has 1 saturated heterocycles. The zero-order valence-corrected chi connectivity index (χ0v) is 15.1. The van der Waals surface area contributed by atoms with E-state index in [1.165, 1.54) is 0 Å². The van der Waals surface area contributed by atoms with Crippen LogP contribution in [0.1, 0.15) is 6.92 Å². The number of ether oxygens (including phenoxy) is 1. The molecule has 2 heterocycles. The summed E-state index contributed by atoms with van der Waals surface area (Å²) in [5.41, 5.74) is 1.15. The van der Waals surface area contributed by atoms with Crippen molar-refractivity contribution >= 4 is 27.5 Å². The lowest BCUT2D eigenvalue weighted by atomic mass is 10.2. The second-order valence-electron chi connectivity index (χ2n) is 5.73. The highest BCUT2D eigenvalue weighted by atomic mass is 79.9. The van der Waals surface area contributed by atoms with Crippen molar-refractivity contribution in [2.45, 2.75) is 13.0 Å². The van der Waals surface area contributed by atoms with Gasteiger partial charge in [-0.2, -0.15) is 0 Å². The van der Waals surface area contributed by atoms with E-state index in [1.54, 1.807) is 19.3 Å². The summed E-state index contributed by atoms with van der Waals surface area (Å²) in [6.07, 6.45) is 3.10. The van der Waals surface area contributed by atoms with Gasteiger partial charge >= 0.3 is 0 Å². The van der Waals surface area contributed by atoms with Crippen molar-refractivity contribution in [2.24, 2.45) is 0 Å². The summed E-state index contributed by atoms with van der Waals surface area (Å²) in [6, 6.07) is 11.5. The van der Waals surface area contributed by atoms with Gasteiger partial charge in [-0.05, 0) is 43.3 Å². The second-order valence-corrected chi connectivity index (χ2v) is 6.65. The fraction of sp³-hybridized carbons (Fsp3) is 0.333. The average molecular weight is 390 g/mol. The van der Waals surface area contributed by atoms with Crippen LogP contribution < -0.4 is 9.64 Å². The van der Waals surface area contributed by atoms with Gasteiger partial charge in [-0.25, -0.2) is 0 Å². The minimum Gasteiger partial charge on any atom is -0.481 e. The molecule has 1 aromatic heterocycles. The largest absolute Gasteiger partial charge is 0.481 e. The Morgan fingerprint density at radius 1 is 1.08 bits per heavy atom. The predicted molar refractivity (Wildman–Crippen MR) is 97.3 cm³/mol. The monoisotopic (exact) mass is 389 g/mol. The zero-order valence-electron chi connectivity index (χ0n) is 13.6. The number of hydrogen-bond acceptors (Lipinski definition) is 4. The Kier molecular flexibility index (Phi) is 5.35. The van der Waals surface area contributed by atoms with E-state index in [0.29, 0.717) is 18.8 Å². The van der Waals surface area contributed by atoms with Gasteiger partial charge in [0.1, 0.15) is 5.75 Å². The summed E-state index contributed by atoms with van der Waals surface area (Å²) in [5.74, 6) is 0.738. The molecule has 126 valence electrons. The van der Waals surface area contributed by atoms with Crippen LogP contribution in [0, 0.1) is 0 Å². The van der Waals surface area contributed by atoms with Gasteiger partial charge in [0.15, 0.2) is 6.10 Å². The molecule has 6 heteroatoms. The third kappa shape index (κ3) is 4.06. The highest BCUT2D eigenvalue weighted by Gasteiger charge is 2.26. The Hall–Kier alpha value is -2.08. The molecule has 0 aliphatic carbocycles. The fourth-order valence-corrected chi connectivity index (χ4v) is 3.03. The molecule has 5 nitrogen and oxygen atoms in total. The molecule has 1 atom stereocenters. The number of amides is 1. The van der Waals surface area contributed by atoms with E-state index in [0.717, 1.165) is 23.2 Å². The fourth-order valence-electron chi connectivity index (χ4n) is 2.76. The maximum Gasteiger partial charge on any atom is 0.263 e. The number of carbonyl (C=O) groups excluding carboxylic acids is 1. The van der Waals surface area contributed by atoms with Gasteiger partial charge in [0.25, 0.3) is 5.91 Å². The molecule has 1 aliphatic rings. The van der Waals surface area contributed by atoms with Crippen LogP contribution in [0.4, 0.5) is 5.69 Å². The van der Waals surface area contributed by atoms with Crippen molar-refractivity contribution in [2.75, 3.05) is 31.1 Å². The Balaban J connectivity index is 1.53. The lowest BCUT2D eigenvalue weighted by molar-refractivity contribution is -0.138. The summed E-state index contributed by atoms with van der Waals surface area (Å²) in [7, 11) is 0. The third-order valence-electron chi connectivity index (χ3n) is 4.09. The third-order valence-corrected chi connectivity index (χ3v) is 4.62. The first-order valence-electron chi connectivity index (χ1n) is 7.99. The summed E-state index contributed by atoms with van der Waals surface area (Å²) < 4.78 is 6.75. The first-order valence-corrected chi connectivity index (χ1v) is 8.79. The van der Waals surface area contributed by atoms with E-state index in [4.69, 9.17) is 4.74 Å². The van der Waals surface area contributed by atoms with Gasteiger partial charge in [-0.1, -0.05) is 15.9 Å². The molecule has 1 aromatic carbocycles. The highest BCUT2D eigenvalue weighted by molar-refractivity contribution is 9.10. The summed E-state index contributed by atoms with van der Waals surface area (Å²) >= 11 is 3.39. The quantitative estimate of drug-likeness (QED) is 0.806. The standard InChI is InChI=1S/C18H20BrN3O2/c1-14(24-17-4-2-15(19)3-5-17)18(23)22-12-10-21(11-13-22)16-6-8-20-9-7-16/h2-9,14H,10-13H2,1H3/t14-/m1/s1. The molecule has 24 heavy (non-hydrogen) atoms. The molecule has 0 spiro atoms. The lowest BCUT2D eigenvalue weighted by Gasteiger charge is -2.37. The van der Waals surface area contributed by atoms with Crippen molar-refractivity contribution in [1.29, 1.82) is 0 Å². The number of halogens is 1. The van der Waals surface area contributed by atoms with E-state index in [1.807, 2.05) is 41.3 Å². The number of hydrogen-bond donors (Lipinski definition) is 0. The van der Waals surface area contributed by atoms with E-state index in [2.05, 4.69) is 25.8 Å². The second kappa shape index (κ2) is 7.66. The molecule has 1 aliphatic heterocycles. The van der Waals surface area contributed by atoms with Crippen molar-refractivity contribution < 1.29 is 9.53 Å². The number of rotatable bonds is 4. The lowest BCUT2D eigenvalue weighted by Crippen LogP contribution is -2.52. The number of benzene rings is 1. The molecule has 1 amide bonds. The molecule has 1 fully saturated rings. The molecular weight excluding hydrogens is 370 g/mol. The first-order chi connectivity index (χ1) is 11.6. The van der Waals surface area contributed by atoms with Crippen molar-refractivity contribution in [3.05, 3.63) is 53.3 Å². The van der Waals surface area contributed by atoms with Crippen LogP contribution in [0.5, 0.6) is 5.75 Å². The number of carbonyl (C=O) groups is 1. The van der Waals surface area contributed by atoms with Gasteiger partial charge in [0, 0.05) is 48.7 Å². The van der Waals surface area contributed by atoms with Crippen LogP contribution in [-0.4, -0.2) is 48.1 Å². The van der Waals surface area contributed by atoms with Gasteiger partial charge in [0.05, 0.1) is 0 Å². The highest BCUT2D eigenvalue weighted by Crippen LogP contribution is 2.19. The molecule has 0 unspecified atom stereocenters. The molecule has 0 N–H and O–H groups in total. The number of anilines is 1. The Morgan fingerprint density at radius 3 is 2.33 bits per heavy atom. The van der Waals surface area contributed by atoms with Gasteiger partial charge in [-0.3, -0.25) is 9.78 Å². The van der Waals surface area contributed by atoms with E-state index in [9.17, 15) is 4.79 Å². The minimum atomic E-state index is -0.487. The van der Waals surface area contributed by atoms with Crippen LogP contribution >= 0.6 is 15.9 Å². The van der Waals surface area contributed by atoms with Crippen LogP contribution in [0.3, 0.4) is 0 Å². The predicted octanol–water partition coefficient (Wildman–Crippen LogP) is 2.96. The minimum absolute atomic E-state index is 0.0345. The average Bonchev–Trinajstić information content (AvgIpc) is 2.64. The summed E-state index contributed by atoms with van der Waals surface area (Å²) in [5, 5.41) is 0. The van der Waals surface area contributed by atoms with Crippen LogP contribution in [0.25, 0.3) is 0 Å². The van der Waals surface area contributed by atoms with Crippen molar-refractivity contribution in [3.8, 4) is 5.75 Å². The number of aromatic nitrogens is 1. The summed E-state index contributed by atoms with van der Waals surface area (Å²) in [4.78, 5) is 20.8. The van der Waals surface area contributed by atoms with E-state index >= 15 is 0 Å². The van der Waals surface area contributed by atoms with Gasteiger partial charge in [-0.15, -0.1) is 0 Å². The van der Waals surface area contributed by atoms with Gasteiger partial charge < -0.3 is 14.5 Å². The summed E-state index contributed by atoms with van der Waals surface area (Å²) in [6.45, 7) is 4.85. The molecule has 0 radical (unpaired) electrons. The van der Waals surface area contributed by atoms with Crippen LogP contribution in [-0.2, 0) is 4.79 Å². The van der Waals surface area contributed by atoms with Crippen molar-refractivity contribution in [1.82, 2.24) is 9.88 Å². The van der Waals surface area contributed by atoms with E-state index < -0.39 is 6.10 Å². The Labute approximate surface area is 150 Å². The number of pyridine rings is 1. The topological polar surface area (TPSA) is 45.7 Å². The van der Waals surface area contributed by atoms with Crippen LogP contribution in [0.15, 0.2) is 53.3 Å².